The highest BCUT2D eigenvalue weighted by molar-refractivity contribution is 5.81. The van der Waals surface area contributed by atoms with Crippen LogP contribution in [-0.2, 0) is 9.59 Å². The van der Waals surface area contributed by atoms with Crippen LogP contribution in [0.15, 0.2) is 0 Å². The quantitative estimate of drug-likeness (QED) is 0.667. The van der Waals surface area contributed by atoms with Gasteiger partial charge in [-0.3, -0.25) is 9.59 Å². The van der Waals surface area contributed by atoms with Gasteiger partial charge in [-0.05, 0) is 24.7 Å². The van der Waals surface area contributed by atoms with E-state index in [1.165, 1.54) is 0 Å². The number of aliphatic carboxylic acids is 1. The molecule has 0 saturated heterocycles. The molecule has 4 N–H and O–H groups in total. The topological polar surface area (TPSA) is 92.4 Å². The van der Waals surface area contributed by atoms with Crippen molar-refractivity contribution in [2.75, 3.05) is 6.54 Å². The molecule has 0 bridgehead atoms. The summed E-state index contributed by atoms with van der Waals surface area (Å²) in [6, 6.07) is -0.490. The maximum atomic E-state index is 11.7. The Bertz CT molecular complexity index is 299. The number of carbonyl (C=O) groups is 2. The van der Waals surface area contributed by atoms with Crippen molar-refractivity contribution in [3.05, 3.63) is 0 Å². The summed E-state index contributed by atoms with van der Waals surface area (Å²) in [6.07, 6.45) is 5.73. The molecule has 0 spiro atoms. The zero-order valence-corrected chi connectivity index (χ0v) is 11.1. The fraction of sp³-hybridized carbons (Fsp3) is 0.846. The van der Waals surface area contributed by atoms with Gasteiger partial charge in [0.05, 0.1) is 12.5 Å². The van der Waals surface area contributed by atoms with Crippen LogP contribution in [0.25, 0.3) is 0 Å². The zero-order valence-electron chi connectivity index (χ0n) is 11.1. The maximum Gasteiger partial charge on any atom is 0.303 e. The van der Waals surface area contributed by atoms with Gasteiger partial charge in [0, 0.05) is 6.54 Å². The van der Waals surface area contributed by atoms with Crippen LogP contribution in [0.2, 0.25) is 0 Å². The summed E-state index contributed by atoms with van der Waals surface area (Å²) in [5.41, 5.74) is 5.38. The minimum absolute atomic E-state index is 0.134. The summed E-state index contributed by atoms with van der Waals surface area (Å²) in [7, 11) is 0. The molecule has 0 aromatic rings. The van der Waals surface area contributed by atoms with Gasteiger partial charge in [-0.25, -0.2) is 0 Å². The van der Waals surface area contributed by atoms with Crippen LogP contribution >= 0.6 is 0 Å². The molecular weight excluding hydrogens is 232 g/mol. The molecule has 0 aromatic heterocycles. The second-order valence-electron chi connectivity index (χ2n) is 5.36. The Morgan fingerprint density at radius 2 is 1.94 bits per heavy atom. The fourth-order valence-corrected chi connectivity index (χ4v) is 2.63. The maximum absolute atomic E-state index is 11.7. The number of carboxylic acid groups (broad SMARTS) is 1. The highest BCUT2D eigenvalue weighted by atomic mass is 16.4. The van der Waals surface area contributed by atoms with Crippen LogP contribution in [0.1, 0.15) is 51.9 Å². The van der Waals surface area contributed by atoms with Crippen molar-refractivity contribution < 1.29 is 14.7 Å². The summed E-state index contributed by atoms with van der Waals surface area (Å²) in [4.78, 5) is 22.6. The lowest BCUT2D eigenvalue weighted by Crippen LogP contribution is -2.46. The summed E-state index contributed by atoms with van der Waals surface area (Å²) in [6.45, 7) is 2.30. The average Bonchev–Trinajstić information content (AvgIpc) is 2.35. The van der Waals surface area contributed by atoms with Gasteiger partial charge >= 0.3 is 5.97 Å². The zero-order chi connectivity index (χ0) is 13.6. The third kappa shape index (κ3) is 4.29. The van der Waals surface area contributed by atoms with Crippen molar-refractivity contribution in [1.29, 1.82) is 0 Å². The summed E-state index contributed by atoms with van der Waals surface area (Å²) in [5, 5.41) is 11.8. The molecule has 5 nitrogen and oxygen atoms in total. The highest BCUT2D eigenvalue weighted by Crippen LogP contribution is 2.38. The normalized spacial score (nSPS) is 20.1. The minimum atomic E-state index is -0.786. The van der Waals surface area contributed by atoms with E-state index in [-0.39, 0.29) is 17.7 Å². The summed E-state index contributed by atoms with van der Waals surface area (Å²) in [5.74, 6) is -0.959. The van der Waals surface area contributed by atoms with E-state index in [0.29, 0.717) is 13.0 Å². The Morgan fingerprint density at radius 1 is 1.33 bits per heavy atom. The summed E-state index contributed by atoms with van der Waals surface area (Å²) < 4.78 is 0. The van der Waals surface area contributed by atoms with Gasteiger partial charge in [-0.1, -0.05) is 26.2 Å². The van der Waals surface area contributed by atoms with Gasteiger partial charge in [-0.15, -0.1) is 0 Å². The molecule has 0 aliphatic heterocycles. The first-order valence-corrected chi connectivity index (χ1v) is 6.74. The third-order valence-corrected chi connectivity index (χ3v) is 3.85. The molecule has 0 radical (unpaired) electrons. The van der Waals surface area contributed by atoms with Crippen molar-refractivity contribution in [3.8, 4) is 0 Å². The third-order valence-electron chi connectivity index (χ3n) is 3.85. The number of carbonyl (C=O) groups excluding carboxylic acids is 1. The average molecular weight is 256 g/mol. The van der Waals surface area contributed by atoms with Gasteiger partial charge in [0.1, 0.15) is 0 Å². The number of rotatable bonds is 6. The number of nitrogens with two attached hydrogens (primary N) is 1. The van der Waals surface area contributed by atoms with Crippen molar-refractivity contribution in [2.45, 2.75) is 57.9 Å². The van der Waals surface area contributed by atoms with Crippen LogP contribution in [0.5, 0.6) is 0 Å². The number of nitrogens with one attached hydrogen (secondary N) is 1. The Kier molecular flexibility index (Phi) is 5.59. The van der Waals surface area contributed by atoms with Gasteiger partial charge in [-0.2, -0.15) is 0 Å². The molecule has 0 aromatic carbocycles. The lowest BCUT2D eigenvalue weighted by atomic mass is 9.71. The molecule has 18 heavy (non-hydrogen) atoms. The molecule has 104 valence electrons. The van der Waals surface area contributed by atoms with E-state index in [1.807, 2.05) is 6.92 Å². The van der Waals surface area contributed by atoms with Gasteiger partial charge in [0.25, 0.3) is 0 Å². The number of carboxylic acids is 1. The lowest BCUT2D eigenvalue weighted by Gasteiger charge is -2.36. The Morgan fingerprint density at radius 3 is 2.44 bits per heavy atom. The number of hydrogen-bond donors (Lipinski definition) is 3. The molecule has 1 fully saturated rings. The van der Waals surface area contributed by atoms with Crippen molar-refractivity contribution in [2.24, 2.45) is 11.1 Å². The SMILES string of the molecule is CC[C@H](N)C(=O)NCC1(CC(=O)O)CCCCC1. The predicted molar refractivity (Wildman–Crippen MR) is 69.0 cm³/mol. The first-order chi connectivity index (χ1) is 8.49. The summed E-state index contributed by atoms with van der Waals surface area (Å²) >= 11 is 0. The van der Waals surface area contributed by atoms with Crippen LogP contribution in [0, 0.1) is 5.41 Å². The highest BCUT2D eigenvalue weighted by Gasteiger charge is 2.34. The van der Waals surface area contributed by atoms with Crippen LogP contribution < -0.4 is 11.1 Å². The first-order valence-electron chi connectivity index (χ1n) is 6.74. The van der Waals surface area contributed by atoms with E-state index in [9.17, 15) is 9.59 Å². The molecule has 1 amide bonds. The van der Waals surface area contributed by atoms with Crippen LogP contribution in [-0.4, -0.2) is 29.6 Å². The molecule has 1 atom stereocenters. The number of hydrogen-bond acceptors (Lipinski definition) is 3. The van der Waals surface area contributed by atoms with E-state index in [2.05, 4.69) is 5.32 Å². The van der Waals surface area contributed by atoms with Gasteiger partial charge < -0.3 is 16.2 Å². The second kappa shape index (κ2) is 6.73. The monoisotopic (exact) mass is 256 g/mol. The van der Waals surface area contributed by atoms with E-state index in [4.69, 9.17) is 10.8 Å². The molecule has 0 heterocycles. The molecule has 1 saturated carbocycles. The predicted octanol–water partition coefficient (Wildman–Crippen LogP) is 1.27. The molecule has 1 aliphatic rings. The molecule has 5 heteroatoms. The van der Waals surface area contributed by atoms with Gasteiger partial charge in [0.2, 0.25) is 5.91 Å². The van der Waals surface area contributed by atoms with E-state index in [1.54, 1.807) is 0 Å². The first kappa shape index (κ1) is 15.0. The van der Waals surface area contributed by atoms with Crippen molar-refractivity contribution >= 4 is 11.9 Å². The Labute approximate surface area is 108 Å². The Balaban J connectivity index is 2.56. The largest absolute Gasteiger partial charge is 0.481 e. The van der Waals surface area contributed by atoms with Crippen molar-refractivity contribution in [1.82, 2.24) is 5.32 Å². The fourth-order valence-electron chi connectivity index (χ4n) is 2.63. The second-order valence-corrected chi connectivity index (χ2v) is 5.36. The minimum Gasteiger partial charge on any atom is -0.481 e. The van der Waals surface area contributed by atoms with E-state index in [0.717, 1.165) is 32.1 Å². The van der Waals surface area contributed by atoms with Crippen molar-refractivity contribution in [3.63, 3.8) is 0 Å². The Hall–Kier alpha value is -1.10. The van der Waals surface area contributed by atoms with E-state index < -0.39 is 12.0 Å². The number of amides is 1. The smallest absolute Gasteiger partial charge is 0.303 e. The molecular formula is C13H24N2O3. The van der Waals surface area contributed by atoms with Crippen LogP contribution in [0.4, 0.5) is 0 Å². The molecule has 0 unspecified atom stereocenters. The van der Waals surface area contributed by atoms with Gasteiger partial charge in [0.15, 0.2) is 0 Å². The molecule has 1 rings (SSSR count). The van der Waals surface area contributed by atoms with Crippen LogP contribution in [0.3, 0.4) is 0 Å². The lowest BCUT2D eigenvalue weighted by molar-refractivity contribution is -0.140. The standard InChI is InChI=1S/C13H24N2O3/c1-2-10(14)12(18)15-9-13(8-11(16)17)6-4-3-5-7-13/h10H,2-9,14H2,1H3,(H,15,18)(H,16,17)/t10-/m0/s1. The molecule has 1 aliphatic carbocycles. The van der Waals surface area contributed by atoms with E-state index >= 15 is 0 Å².